The van der Waals surface area contributed by atoms with Crippen molar-refractivity contribution in [2.24, 2.45) is 50.7 Å². The maximum absolute atomic E-state index is 12.5. The molecular formula is C37H60O10. The molecule has 268 valence electrons. The van der Waals surface area contributed by atoms with Crippen LogP contribution in [0.2, 0.25) is 0 Å². The molecule has 7 fully saturated rings. The Bertz CT molecular complexity index is 1250. The van der Waals surface area contributed by atoms with E-state index in [2.05, 4.69) is 34.6 Å². The van der Waals surface area contributed by atoms with Gasteiger partial charge >= 0.3 is 5.97 Å². The number of carbonyl (C=O) groups is 1. The summed E-state index contributed by atoms with van der Waals surface area (Å²) in [7, 11) is 0. The van der Waals surface area contributed by atoms with Crippen LogP contribution in [0.5, 0.6) is 0 Å². The van der Waals surface area contributed by atoms with Crippen molar-refractivity contribution >= 4 is 5.97 Å². The molecule has 5 saturated carbocycles. The predicted molar refractivity (Wildman–Crippen MR) is 171 cm³/mol. The molecule has 0 radical (unpaired) electrons. The number of rotatable bonds is 5. The lowest BCUT2D eigenvalue weighted by Crippen LogP contribution is -2.61. The van der Waals surface area contributed by atoms with Crippen molar-refractivity contribution in [3.8, 4) is 0 Å². The molecular weight excluding hydrogens is 604 g/mol. The van der Waals surface area contributed by atoms with Gasteiger partial charge in [0, 0.05) is 12.3 Å². The lowest BCUT2D eigenvalue weighted by Gasteiger charge is -2.64. The second kappa shape index (κ2) is 10.8. The molecule has 0 aromatic carbocycles. The highest BCUT2D eigenvalue weighted by molar-refractivity contribution is 5.66. The second-order valence-corrected chi connectivity index (χ2v) is 18.6. The molecule has 7 aliphatic rings. The van der Waals surface area contributed by atoms with E-state index in [4.69, 9.17) is 18.9 Å². The van der Waals surface area contributed by atoms with Crippen LogP contribution in [-0.4, -0.2) is 98.8 Å². The van der Waals surface area contributed by atoms with E-state index >= 15 is 0 Å². The Morgan fingerprint density at radius 2 is 1.60 bits per heavy atom. The molecule has 2 aliphatic heterocycles. The van der Waals surface area contributed by atoms with Crippen LogP contribution >= 0.6 is 0 Å². The average molecular weight is 665 g/mol. The van der Waals surface area contributed by atoms with Gasteiger partial charge in [-0.1, -0.05) is 34.6 Å². The van der Waals surface area contributed by atoms with Crippen LogP contribution in [0.1, 0.15) is 107 Å². The van der Waals surface area contributed by atoms with Crippen LogP contribution in [-0.2, 0) is 23.7 Å². The number of esters is 1. The summed E-state index contributed by atoms with van der Waals surface area (Å²) in [5, 5.41) is 54.3. The molecule has 6 unspecified atom stereocenters. The SMILES string of the molecule is CC(=O)O[C@@H](C1C[C@@H](C)[C@H]2C(O1)[C@H](O)C1(C)C3CC[C@H]4C(C)(C)[C@@H](O[C@@H]5OCC(O)[C@H](O)[C@H]5O)CC[C@@]45CC35CC[C@]21C)C(C)(C)O. The first kappa shape index (κ1) is 34.6. The molecule has 0 aromatic heterocycles. The summed E-state index contributed by atoms with van der Waals surface area (Å²) in [6.07, 6.45) is 0.712. The van der Waals surface area contributed by atoms with Gasteiger partial charge in [-0.15, -0.1) is 0 Å². The maximum Gasteiger partial charge on any atom is 0.303 e. The standard InChI is InChI=1S/C37H60O10/c1-18-15-21(30(33(5,6)43)45-19(2)38)46-28-25(18)34(7)13-14-37-17-36(37)12-11-24(47-31-27(41)26(40)20(39)16-44-31)32(3,4)22(36)9-10-23(37)35(34,8)29(28)42/h18,20-31,39-43H,9-17H2,1-8H3/t18-,20?,21?,22+,23?,24+,25+,26+,27-,28?,29+,30+,31+,34-,35?,36-,37?/m1/s1. The van der Waals surface area contributed by atoms with Crippen molar-refractivity contribution in [3.63, 3.8) is 0 Å². The van der Waals surface area contributed by atoms with Crippen molar-refractivity contribution in [1.29, 1.82) is 0 Å². The molecule has 17 atom stereocenters. The molecule has 10 heteroatoms. The quantitative estimate of drug-likeness (QED) is 0.218. The van der Waals surface area contributed by atoms with Gasteiger partial charge in [-0.3, -0.25) is 4.79 Å². The first-order valence-electron chi connectivity index (χ1n) is 18.3. The Hall–Kier alpha value is -0.850. The number of ether oxygens (including phenoxy) is 4. The van der Waals surface area contributed by atoms with Gasteiger partial charge in [-0.25, -0.2) is 0 Å². The first-order chi connectivity index (χ1) is 21.8. The highest BCUT2D eigenvalue weighted by atomic mass is 16.7. The van der Waals surface area contributed by atoms with E-state index in [0.717, 1.165) is 38.5 Å². The van der Waals surface area contributed by atoms with Gasteiger partial charge in [0.25, 0.3) is 0 Å². The summed E-state index contributed by atoms with van der Waals surface area (Å²) in [6, 6.07) is 0. The van der Waals surface area contributed by atoms with E-state index < -0.39 is 60.6 Å². The van der Waals surface area contributed by atoms with Crippen LogP contribution in [0.25, 0.3) is 0 Å². The van der Waals surface area contributed by atoms with Gasteiger partial charge in [0.2, 0.25) is 0 Å². The zero-order valence-corrected chi connectivity index (χ0v) is 29.6. The summed E-state index contributed by atoms with van der Waals surface area (Å²) >= 11 is 0. The Morgan fingerprint density at radius 1 is 0.936 bits per heavy atom. The van der Waals surface area contributed by atoms with E-state index in [1.165, 1.54) is 13.3 Å². The molecule has 7 rings (SSSR count). The number of hydrogen-bond acceptors (Lipinski definition) is 10. The van der Waals surface area contributed by atoms with Gasteiger partial charge in [0.05, 0.1) is 36.6 Å². The number of hydrogen-bond donors (Lipinski definition) is 5. The fraction of sp³-hybridized carbons (Fsp3) is 0.973. The summed E-state index contributed by atoms with van der Waals surface area (Å²) in [5.41, 5.74) is -1.61. The molecule has 2 heterocycles. The molecule has 2 saturated heterocycles. The number of aliphatic hydroxyl groups excluding tert-OH is 4. The Morgan fingerprint density at radius 3 is 2.26 bits per heavy atom. The lowest BCUT2D eigenvalue weighted by atomic mass is 9.41. The van der Waals surface area contributed by atoms with E-state index in [-0.39, 0.29) is 51.6 Å². The van der Waals surface area contributed by atoms with Crippen LogP contribution in [0.3, 0.4) is 0 Å². The molecule has 0 amide bonds. The maximum atomic E-state index is 12.5. The third-order valence-corrected chi connectivity index (χ3v) is 15.8. The highest BCUT2D eigenvalue weighted by Crippen LogP contribution is 2.89. The lowest BCUT2D eigenvalue weighted by molar-refractivity contribution is -0.303. The minimum absolute atomic E-state index is 0.0683. The predicted octanol–water partition coefficient (Wildman–Crippen LogP) is 3.33. The topological polar surface area (TPSA) is 155 Å². The van der Waals surface area contributed by atoms with E-state index in [1.807, 2.05) is 0 Å². The van der Waals surface area contributed by atoms with Gasteiger partial charge < -0.3 is 44.5 Å². The van der Waals surface area contributed by atoms with E-state index in [9.17, 15) is 30.3 Å². The second-order valence-electron chi connectivity index (χ2n) is 18.6. The minimum Gasteiger partial charge on any atom is -0.457 e. The van der Waals surface area contributed by atoms with Crippen LogP contribution in [0.4, 0.5) is 0 Å². The normalized spacial score (nSPS) is 55.4. The Labute approximate surface area is 279 Å². The summed E-state index contributed by atoms with van der Waals surface area (Å²) in [4.78, 5) is 12.1. The van der Waals surface area contributed by atoms with Crippen molar-refractivity contribution in [3.05, 3.63) is 0 Å². The third kappa shape index (κ3) is 4.54. The minimum atomic E-state index is -1.30. The van der Waals surface area contributed by atoms with Gasteiger partial charge in [0.1, 0.15) is 18.3 Å². The Balaban J connectivity index is 1.14. The summed E-state index contributed by atoms with van der Waals surface area (Å²) in [6.45, 7) is 16.2. The summed E-state index contributed by atoms with van der Waals surface area (Å²) in [5.74, 6) is 0.717. The van der Waals surface area contributed by atoms with Crippen molar-refractivity contribution in [1.82, 2.24) is 0 Å². The third-order valence-electron chi connectivity index (χ3n) is 15.8. The van der Waals surface area contributed by atoms with Crippen molar-refractivity contribution in [2.45, 2.75) is 167 Å². The molecule has 5 aliphatic carbocycles. The number of fused-ring (bicyclic) bond motifs is 4. The fourth-order valence-electron chi connectivity index (χ4n) is 13.7. The smallest absolute Gasteiger partial charge is 0.303 e. The van der Waals surface area contributed by atoms with Crippen LogP contribution < -0.4 is 0 Å². The van der Waals surface area contributed by atoms with Crippen molar-refractivity contribution in [2.75, 3.05) is 6.61 Å². The van der Waals surface area contributed by atoms with E-state index in [1.54, 1.807) is 13.8 Å². The zero-order chi connectivity index (χ0) is 34.3. The monoisotopic (exact) mass is 664 g/mol. The van der Waals surface area contributed by atoms with Gasteiger partial charge in [-0.05, 0) is 111 Å². The average Bonchev–Trinajstić information content (AvgIpc) is 3.61. The van der Waals surface area contributed by atoms with E-state index in [0.29, 0.717) is 18.3 Å². The van der Waals surface area contributed by atoms with Gasteiger partial charge in [0.15, 0.2) is 12.4 Å². The Kier molecular flexibility index (Phi) is 7.97. The molecule has 2 spiro atoms. The zero-order valence-electron chi connectivity index (χ0n) is 29.6. The van der Waals surface area contributed by atoms with Crippen LogP contribution in [0, 0.1) is 50.7 Å². The van der Waals surface area contributed by atoms with Crippen LogP contribution in [0.15, 0.2) is 0 Å². The molecule has 10 nitrogen and oxygen atoms in total. The number of carbonyl (C=O) groups excluding carboxylic acids is 1. The first-order valence-corrected chi connectivity index (χ1v) is 18.3. The highest BCUT2D eigenvalue weighted by Gasteiger charge is 2.84. The molecule has 47 heavy (non-hydrogen) atoms. The molecule has 5 N–H and O–H groups in total. The molecule has 0 bridgehead atoms. The fourth-order valence-corrected chi connectivity index (χ4v) is 13.7. The summed E-state index contributed by atoms with van der Waals surface area (Å²) < 4.78 is 24.6. The largest absolute Gasteiger partial charge is 0.457 e. The van der Waals surface area contributed by atoms with Crippen molar-refractivity contribution < 1.29 is 49.3 Å². The molecule has 0 aromatic rings. The number of aliphatic hydroxyl groups is 5. The van der Waals surface area contributed by atoms with Gasteiger partial charge in [-0.2, -0.15) is 0 Å².